The van der Waals surface area contributed by atoms with E-state index in [9.17, 15) is 45.6 Å². The molecular weight excluding hydrogens is 508 g/mol. The largest absolute Gasteiger partial charge is 0.394 e. The van der Waals surface area contributed by atoms with Crippen LogP contribution in [-0.2, 0) is 23.7 Å². The van der Waals surface area contributed by atoms with Crippen LogP contribution in [0.15, 0.2) is 11.6 Å². The Hall–Kier alpha value is -1.07. The topological polar surface area (TPSA) is 216 Å². The van der Waals surface area contributed by atoms with Gasteiger partial charge in [0.2, 0.25) is 0 Å². The number of carbonyl (C=O) groups is 1. The lowest BCUT2D eigenvalue weighted by atomic mass is 9.66. The number of ether oxygens (including phenoxy) is 4. The summed E-state index contributed by atoms with van der Waals surface area (Å²) >= 11 is 0. The van der Waals surface area contributed by atoms with Gasteiger partial charge in [0, 0.05) is 6.42 Å². The Bertz CT molecular complexity index is 817. The molecule has 13 heteroatoms. The van der Waals surface area contributed by atoms with Gasteiger partial charge < -0.3 is 59.8 Å². The molecule has 38 heavy (non-hydrogen) atoms. The smallest absolute Gasteiger partial charge is 0.186 e. The van der Waals surface area contributed by atoms with Crippen LogP contribution >= 0.6 is 0 Å². The molecule has 0 aromatic heterocycles. The molecule has 0 aromatic rings. The highest BCUT2D eigenvalue weighted by Crippen LogP contribution is 2.42. The van der Waals surface area contributed by atoms with Crippen molar-refractivity contribution >= 4 is 5.78 Å². The third-order valence-corrected chi connectivity index (χ3v) is 7.72. The number of ketones is 1. The average molecular weight is 551 g/mol. The van der Waals surface area contributed by atoms with Crippen molar-refractivity contribution in [2.24, 2.45) is 11.3 Å². The molecule has 2 saturated heterocycles. The molecule has 0 radical (unpaired) electrons. The summed E-state index contributed by atoms with van der Waals surface area (Å²) in [5, 5.41) is 80.2. The normalized spacial score (nSPS) is 42.6. The number of aliphatic hydroxyl groups excluding tert-OH is 8. The highest BCUT2D eigenvalue weighted by Gasteiger charge is 2.48. The Balaban J connectivity index is 1.58. The van der Waals surface area contributed by atoms with Gasteiger partial charge >= 0.3 is 0 Å². The van der Waals surface area contributed by atoms with Crippen molar-refractivity contribution in [3.05, 3.63) is 11.6 Å². The molecular formula is C25H42O13. The highest BCUT2D eigenvalue weighted by molar-refractivity contribution is 5.92. The minimum atomic E-state index is -1.66. The van der Waals surface area contributed by atoms with Gasteiger partial charge in [-0.1, -0.05) is 13.8 Å². The van der Waals surface area contributed by atoms with Gasteiger partial charge in [-0.2, -0.15) is 0 Å². The van der Waals surface area contributed by atoms with Crippen molar-refractivity contribution < 1.29 is 64.6 Å². The first-order valence-electron chi connectivity index (χ1n) is 12.9. The van der Waals surface area contributed by atoms with Crippen LogP contribution in [0.1, 0.15) is 40.0 Å². The molecule has 0 bridgehead atoms. The number of rotatable bonds is 10. The fourth-order valence-electron chi connectivity index (χ4n) is 5.42. The second-order valence-corrected chi connectivity index (χ2v) is 11.1. The molecule has 8 N–H and O–H groups in total. The maximum atomic E-state index is 12.0. The van der Waals surface area contributed by atoms with Crippen LogP contribution < -0.4 is 0 Å². The fourth-order valence-corrected chi connectivity index (χ4v) is 5.42. The summed E-state index contributed by atoms with van der Waals surface area (Å²) in [6.45, 7) is 4.37. The SMILES string of the molecule is CC(CCC1C(CO)=CC(=O)CC1(C)C)OC1OC(COC2OC(CO)C(O)C(O)C2O)C(O)C(O)C1O. The van der Waals surface area contributed by atoms with Gasteiger partial charge in [0.25, 0.3) is 0 Å². The Morgan fingerprint density at radius 2 is 1.50 bits per heavy atom. The van der Waals surface area contributed by atoms with Gasteiger partial charge in [-0.25, -0.2) is 0 Å². The Kier molecular flexibility index (Phi) is 10.8. The van der Waals surface area contributed by atoms with Crippen molar-refractivity contribution in [1.29, 1.82) is 0 Å². The molecule has 0 aromatic carbocycles. The number of carbonyl (C=O) groups excluding carboxylic acids is 1. The van der Waals surface area contributed by atoms with E-state index in [4.69, 9.17) is 18.9 Å². The van der Waals surface area contributed by atoms with Crippen LogP contribution in [0.25, 0.3) is 0 Å². The molecule has 13 nitrogen and oxygen atoms in total. The van der Waals surface area contributed by atoms with Crippen LogP contribution in [0, 0.1) is 11.3 Å². The van der Waals surface area contributed by atoms with Gasteiger partial charge in [-0.15, -0.1) is 0 Å². The minimum Gasteiger partial charge on any atom is -0.394 e. The van der Waals surface area contributed by atoms with Gasteiger partial charge in [-0.05, 0) is 42.7 Å². The van der Waals surface area contributed by atoms with Crippen molar-refractivity contribution in [3.63, 3.8) is 0 Å². The Morgan fingerprint density at radius 1 is 0.921 bits per heavy atom. The number of aliphatic hydroxyl groups is 8. The summed E-state index contributed by atoms with van der Waals surface area (Å²) in [7, 11) is 0. The first kappa shape index (κ1) is 31.5. The third-order valence-electron chi connectivity index (χ3n) is 7.72. The zero-order chi connectivity index (χ0) is 28.4. The molecule has 2 fully saturated rings. The van der Waals surface area contributed by atoms with E-state index < -0.39 is 80.7 Å². The van der Waals surface area contributed by atoms with E-state index >= 15 is 0 Å². The van der Waals surface area contributed by atoms with Crippen LogP contribution in [0.2, 0.25) is 0 Å². The van der Waals surface area contributed by atoms with Gasteiger partial charge in [-0.3, -0.25) is 4.79 Å². The second kappa shape index (κ2) is 13.1. The van der Waals surface area contributed by atoms with Crippen LogP contribution in [0.3, 0.4) is 0 Å². The lowest BCUT2D eigenvalue weighted by Crippen LogP contribution is -2.62. The Labute approximate surface area is 221 Å². The van der Waals surface area contributed by atoms with Gasteiger partial charge in [0.15, 0.2) is 18.4 Å². The second-order valence-electron chi connectivity index (χ2n) is 11.1. The molecule has 220 valence electrons. The average Bonchev–Trinajstić information content (AvgIpc) is 2.86. The predicted molar refractivity (Wildman–Crippen MR) is 128 cm³/mol. The summed E-state index contributed by atoms with van der Waals surface area (Å²) in [4.78, 5) is 12.0. The quantitative estimate of drug-likeness (QED) is 0.139. The number of hydrogen-bond acceptors (Lipinski definition) is 13. The monoisotopic (exact) mass is 550 g/mol. The lowest BCUT2D eigenvalue weighted by Gasteiger charge is -2.43. The minimum absolute atomic E-state index is 0.0251. The summed E-state index contributed by atoms with van der Waals surface area (Å²) in [6.07, 6.45) is -12.4. The van der Waals surface area contributed by atoms with Crippen LogP contribution in [0.5, 0.6) is 0 Å². The molecule has 0 spiro atoms. The predicted octanol–water partition coefficient (Wildman–Crippen LogP) is -2.67. The summed E-state index contributed by atoms with van der Waals surface area (Å²) in [6, 6.07) is 0. The van der Waals surface area contributed by atoms with E-state index in [-0.39, 0.29) is 23.7 Å². The molecule has 0 amide bonds. The van der Waals surface area contributed by atoms with Crippen molar-refractivity contribution in [2.45, 2.75) is 108 Å². The van der Waals surface area contributed by atoms with E-state index in [1.807, 2.05) is 13.8 Å². The molecule has 2 heterocycles. The first-order chi connectivity index (χ1) is 17.8. The van der Waals surface area contributed by atoms with Crippen molar-refractivity contribution in [1.82, 2.24) is 0 Å². The maximum Gasteiger partial charge on any atom is 0.186 e. The number of hydrogen-bond donors (Lipinski definition) is 8. The molecule has 1 aliphatic carbocycles. The molecule has 3 rings (SSSR count). The molecule has 12 atom stereocenters. The number of allylic oxidation sites excluding steroid dienone is 1. The molecule has 12 unspecified atom stereocenters. The molecule has 2 aliphatic heterocycles. The maximum absolute atomic E-state index is 12.0. The standard InChI is InChI=1S/C25H42O13/c1-11(4-5-14-12(8-26)6-13(28)7-25(14,2)3)36-24-22(34)20(32)18(30)16(38-24)10-35-23-21(33)19(31)17(29)15(9-27)37-23/h6,11,14-24,26-27,29-34H,4-5,7-10H2,1-3H3. The zero-order valence-corrected chi connectivity index (χ0v) is 21.9. The van der Waals surface area contributed by atoms with E-state index in [2.05, 4.69) is 0 Å². The van der Waals surface area contributed by atoms with Crippen molar-refractivity contribution in [2.75, 3.05) is 19.8 Å². The lowest BCUT2D eigenvalue weighted by molar-refractivity contribution is -0.335. The Morgan fingerprint density at radius 3 is 2.11 bits per heavy atom. The van der Waals surface area contributed by atoms with Gasteiger partial charge in [0.05, 0.1) is 25.9 Å². The van der Waals surface area contributed by atoms with E-state index in [0.717, 1.165) is 0 Å². The summed E-state index contributed by atoms with van der Waals surface area (Å²) in [5.41, 5.74) is 0.314. The summed E-state index contributed by atoms with van der Waals surface area (Å²) in [5.74, 6) is -0.0802. The van der Waals surface area contributed by atoms with Crippen LogP contribution in [0.4, 0.5) is 0 Å². The third kappa shape index (κ3) is 6.97. The molecule has 0 saturated carbocycles. The van der Waals surface area contributed by atoms with E-state index in [0.29, 0.717) is 24.8 Å². The van der Waals surface area contributed by atoms with Gasteiger partial charge in [0.1, 0.15) is 48.8 Å². The van der Waals surface area contributed by atoms with E-state index in [1.54, 1.807) is 6.92 Å². The first-order valence-corrected chi connectivity index (χ1v) is 12.9. The molecule has 3 aliphatic rings. The highest BCUT2D eigenvalue weighted by atomic mass is 16.7. The van der Waals surface area contributed by atoms with E-state index in [1.165, 1.54) is 6.08 Å². The zero-order valence-electron chi connectivity index (χ0n) is 21.9. The fraction of sp³-hybridized carbons (Fsp3) is 0.880. The van der Waals surface area contributed by atoms with Crippen LogP contribution in [-0.4, -0.2) is 134 Å². The summed E-state index contributed by atoms with van der Waals surface area (Å²) < 4.78 is 22.2. The van der Waals surface area contributed by atoms with Crippen molar-refractivity contribution in [3.8, 4) is 0 Å².